The first-order valence-corrected chi connectivity index (χ1v) is 11.1. The zero-order chi connectivity index (χ0) is 24.4. The molecule has 12 heteroatoms. The number of nitrogens with one attached hydrogen (secondary N) is 2. The van der Waals surface area contributed by atoms with Crippen molar-refractivity contribution < 1.29 is 19.4 Å². The van der Waals surface area contributed by atoms with Crippen LogP contribution in [0.15, 0.2) is 53.6 Å². The van der Waals surface area contributed by atoms with E-state index in [-0.39, 0.29) is 11.3 Å². The highest BCUT2D eigenvalue weighted by Gasteiger charge is 2.25. The number of benzene rings is 2. The summed E-state index contributed by atoms with van der Waals surface area (Å²) in [5.41, 5.74) is 2.62. The van der Waals surface area contributed by atoms with E-state index in [1.54, 1.807) is 6.92 Å². The molecule has 0 heterocycles. The molecule has 33 heavy (non-hydrogen) atoms. The summed E-state index contributed by atoms with van der Waals surface area (Å²) in [7, 11) is 0. The highest BCUT2D eigenvalue weighted by molar-refractivity contribution is 7.98. The molecule has 1 atom stereocenters. The van der Waals surface area contributed by atoms with Crippen LogP contribution < -0.4 is 10.7 Å². The van der Waals surface area contributed by atoms with Crippen molar-refractivity contribution in [3.05, 3.63) is 79.9 Å². The maximum atomic E-state index is 12.8. The molecule has 2 aromatic carbocycles. The first-order chi connectivity index (χ1) is 15.7. The second-order valence-electron chi connectivity index (χ2n) is 6.96. The number of hydrogen-bond donors (Lipinski definition) is 2. The van der Waals surface area contributed by atoms with Crippen molar-refractivity contribution in [3.8, 4) is 0 Å². The first kappa shape index (κ1) is 25.5. The van der Waals surface area contributed by atoms with Gasteiger partial charge in [-0.2, -0.15) is 16.9 Å². The van der Waals surface area contributed by atoms with E-state index in [2.05, 4.69) is 15.8 Å². The average molecular weight is 474 g/mol. The fourth-order valence-corrected chi connectivity index (χ4v) is 3.55. The van der Waals surface area contributed by atoms with Gasteiger partial charge in [0.15, 0.2) is 0 Å². The number of thioether (sulfide) groups is 1. The van der Waals surface area contributed by atoms with Gasteiger partial charge < -0.3 is 5.32 Å². The molecule has 2 rings (SSSR count). The van der Waals surface area contributed by atoms with Crippen molar-refractivity contribution in [2.45, 2.75) is 32.1 Å². The number of non-ortho nitro benzene ring substituents is 2. The smallest absolute Gasteiger partial charge is 0.277 e. The molecule has 174 valence electrons. The number of carbonyl (C=O) groups excluding carboxylic acids is 2. The minimum Gasteiger partial charge on any atom is -0.339 e. The summed E-state index contributed by atoms with van der Waals surface area (Å²) in [4.78, 5) is 46.0. The van der Waals surface area contributed by atoms with Gasteiger partial charge in [0.25, 0.3) is 23.2 Å². The maximum Gasteiger partial charge on any atom is 0.277 e. The largest absolute Gasteiger partial charge is 0.339 e. The second kappa shape index (κ2) is 12.3. The lowest BCUT2D eigenvalue weighted by molar-refractivity contribution is -0.394. The van der Waals surface area contributed by atoms with Crippen LogP contribution in [-0.4, -0.2) is 39.2 Å². The van der Waals surface area contributed by atoms with Gasteiger partial charge in [-0.1, -0.05) is 37.3 Å². The molecule has 11 nitrogen and oxygen atoms in total. The molecule has 0 radical (unpaired) electrons. The van der Waals surface area contributed by atoms with Crippen LogP contribution in [-0.2, 0) is 10.5 Å². The van der Waals surface area contributed by atoms with Gasteiger partial charge in [-0.3, -0.25) is 29.8 Å². The summed E-state index contributed by atoms with van der Waals surface area (Å²) in [6, 6.07) is 11.1. The zero-order valence-corrected chi connectivity index (χ0v) is 18.8. The van der Waals surface area contributed by atoms with Crippen molar-refractivity contribution >= 4 is 40.7 Å². The van der Waals surface area contributed by atoms with Crippen LogP contribution in [0.25, 0.3) is 0 Å². The van der Waals surface area contributed by atoms with E-state index in [0.29, 0.717) is 17.9 Å². The minimum atomic E-state index is -1.03. The molecular weight excluding hydrogens is 450 g/mol. The Bertz CT molecular complexity index is 1030. The Kier molecular flexibility index (Phi) is 9.48. The van der Waals surface area contributed by atoms with E-state index in [9.17, 15) is 29.8 Å². The summed E-state index contributed by atoms with van der Waals surface area (Å²) in [5, 5.41) is 28.7. The number of carbonyl (C=O) groups is 2. The molecule has 1 unspecified atom stereocenters. The molecule has 0 aliphatic rings. The van der Waals surface area contributed by atoms with Gasteiger partial charge in [-0.25, -0.2) is 5.43 Å². The van der Waals surface area contributed by atoms with Crippen LogP contribution >= 0.6 is 11.8 Å². The lowest BCUT2D eigenvalue weighted by atomic mass is 10.1. The third kappa shape index (κ3) is 8.00. The van der Waals surface area contributed by atoms with Gasteiger partial charge in [0, 0.05) is 29.4 Å². The monoisotopic (exact) mass is 473 g/mol. The predicted octanol–water partition coefficient (Wildman–Crippen LogP) is 3.44. The molecule has 0 aliphatic carbocycles. The van der Waals surface area contributed by atoms with Gasteiger partial charge in [0.1, 0.15) is 6.04 Å². The number of hydrazone groups is 1. The van der Waals surface area contributed by atoms with Crippen molar-refractivity contribution in [2.24, 2.45) is 5.10 Å². The fraction of sp³-hybridized carbons (Fsp3) is 0.286. The quantitative estimate of drug-likeness (QED) is 0.287. The SMILES string of the molecule is CC/C(C)=N/NC(=O)C(CSCc1ccccc1)NC(=O)c1cc([N+](=O)[O-])cc([N+](=O)[O-])c1. The van der Waals surface area contributed by atoms with Crippen molar-refractivity contribution in [3.63, 3.8) is 0 Å². The molecule has 0 aliphatic heterocycles. The molecule has 2 amide bonds. The summed E-state index contributed by atoms with van der Waals surface area (Å²) < 4.78 is 0. The third-order valence-electron chi connectivity index (χ3n) is 4.47. The Morgan fingerprint density at radius 3 is 2.21 bits per heavy atom. The molecular formula is C21H23N5O6S. The predicted molar refractivity (Wildman–Crippen MR) is 125 cm³/mol. The van der Waals surface area contributed by atoms with Crippen LogP contribution in [0.2, 0.25) is 0 Å². The van der Waals surface area contributed by atoms with Crippen LogP contribution in [0, 0.1) is 20.2 Å². The number of hydrogen-bond acceptors (Lipinski definition) is 8. The summed E-state index contributed by atoms with van der Waals surface area (Å²) in [6.45, 7) is 3.61. The van der Waals surface area contributed by atoms with Crippen molar-refractivity contribution in [1.82, 2.24) is 10.7 Å². The Morgan fingerprint density at radius 1 is 1.06 bits per heavy atom. The molecule has 0 saturated heterocycles. The van der Waals surface area contributed by atoms with E-state index in [4.69, 9.17) is 0 Å². The molecule has 2 N–H and O–H groups in total. The average Bonchev–Trinajstić information content (AvgIpc) is 2.81. The van der Waals surface area contributed by atoms with Gasteiger partial charge in [-0.15, -0.1) is 0 Å². The van der Waals surface area contributed by atoms with Gasteiger partial charge in [0.05, 0.1) is 21.5 Å². The van der Waals surface area contributed by atoms with Crippen LogP contribution in [0.4, 0.5) is 11.4 Å². The maximum absolute atomic E-state index is 12.8. The standard InChI is InChI=1S/C21H23N5O6S/c1-3-14(2)23-24-21(28)19(13-33-12-15-7-5-4-6-8-15)22-20(27)16-9-17(25(29)30)11-18(10-16)26(31)32/h4-11,19H,3,12-13H2,1-2H3,(H,22,27)(H,24,28)/b23-14+. The Hall–Kier alpha value is -3.80. The minimum absolute atomic E-state index is 0.185. The van der Waals surface area contributed by atoms with Gasteiger partial charge >= 0.3 is 0 Å². The second-order valence-corrected chi connectivity index (χ2v) is 7.99. The highest BCUT2D eigenvalue weighted by atomic mass is 32.2. The van der Waals surface area contributed by atoms with Gasteiger partial charge in [-0.05, 0) is 18.9 Å². The van der Waals surface area contributed by atoms with E-state index >= 15 is 0 Å². The van der Waals surface area contributed by atoms with E-state index in [1.807, 2.05) is 37.3 Å². The Morgan fingerprint density at radius 2 is 1.67 bits per heavy atom. The van der Waals surface area contributed by atoms with E-state index in [0.717, 1.165) is 23.8 Å². The van der Waals surface area contributed by atoms with Gasteiger partial charge in [0.2, 0.25) is 0 Å². The first-order valence-electron chi connectivity index (χ1n) is 9.90. The lowest BCUT2D eigenvalue weighted by Gasteiger charge is -2.17. The lowest BCUT2D eigenvalue weighted by Crippen LogP contribution is -2.47. The summed E-state index contributed by atoms with van der Waals surface area (Å²) >= 11 is 1.40. The highest BCUT2D eigenvalue weighted by Crippen LogP contribution is 2.23. The number of nitro benzene ring substituents is 2. The number of nitro groups is 2. The molecule has 2 aromatic rings. The van der Waals surface area contributed by atoms with Crippen molar-refractivity contribution in [1.29, 1.82) is 0 Å². The zero-order valence-electron chi connectivity index (χ0n) is 18.0. The van der Waals surface area contributed by atoms with E-state index < -0.39 is 39.1 Å². The summed E-state index contributed by atoms with van der Waals surface area (Å²) in [5.74, 6) is -0.653. The normalized spacial score (nSPS) is 12.0. The number of amides is 2. The Labute approximate surface area is 193 Å². The number of nitrogens with zero attached hydrogens (tertiary/aromatic N) is 3. The topological polar surface area (TPSA) is 157 Å². The molecule has 0 aromatic heterocycles. The number of rotatable bonds is 11. The molecule has 0 saturated carbocycles. The van der Waals surface area contributed by atoms with Crippen molar-refractivity contribution in [2.75, 3.05) is 5.75 Å². The van der Waals surface area contributed by atoms with Crippen LogP contribution in [0.1, 0.15) is 36.2 Å². The summed E-state index contributed by atoms with van der Waals surface area (Å²) in [6.07, 6.45) is 0.622. The molecule has 0 fully saturated rings. The Balaban J connectivity index is 2.21. The fourth-order valence-electron chi connectivity index (χ4n) is 2.54. The molecule has 0 bridgehead atoms. The van der Waals surface area contributed by atoms with Crippen LogP contribution in [0.3, 0.4) is 0 Å². The molecule has 0 spiro atoms. The van der Waals surface area contributed by atoms with E-state index in [1.165, 1.54) is 11.8 Å². The third-order valence-corrected chi connectivity index (χ3v) is 5.58. The van der Waals surface area contributed by atoms with Crippen LogP contribution in [0.5, 0.6) is 0 Å².